The quantitative estimate of drug-likeness (QED) is 0.783. The second kappa shape index (κ2) is 4.32. The van der Waals surface area contributed by atoms with E-state index in [-0.39, 0.29) is 0 Å². The van der Waals surface area contributed by atoms with Crippen molar-refractivity contribution in [2.24, 2.45) is 5.90 Å². The summed E-state index contributed by atoms with van der Waals surface area (Å²) in [4.78, 5) is 11.1. The minimum absolute atomic E-state index is 0.456. The molecule has 0 atom stereocenters. The molecule has 0 aliphatic heterocycles. The van der Waals surface area contributed by atoms with Crippen molar-refractivity contribution in [3.63, 3.8) is 0 Å². The largest absolute Gasteiger partial charge is 0.299 e. The Morgan fingerprint density at radius 2 is 2.21 bits per heavy atom. The van der Waals surface area contributed by atoms with E-state index in [2.05, 4.69) is 9.82 Å². The molecule has 0 amide bonds. The maximum Gasteiger partial charge on any atom is 0.102 e. The van der Waals surface area contributed by atoms with Gasteiger partial charge < -0.3 is 0 Å². The highest BCUT2D eigenvalue weighted by Gasteiger charge is 2.02. The van der Waals surface area contributed by atoms with Gasteiger partial charge in [0, 0.05) is 11.1 Å². The molecule has 0 spiro atoms. The Morgan fingerprint density at radius 1 is 1.29 bits per heavy atom. The van der Waals surface area contributed by atoms with E-state index in [1.165, 1.54) is 0 Å². The fourth-order valence-electron chi connectivity index (χ4n) is 1.18. The molecule has 0 radical (unpaired) electrons. The van der Waals surface area contributed by atoms with E-state index in [0.29, 0.717) is 6.61 Å². The molecular formula is C10H10N2OS. The van der Waals surface area contributed by atoms with Crippen molar-refractivity contribution in [3.05, 3.63) is 41.4 Å². The van der Waals surface area contributed by atoms with E-state index in [4.69, 9.17) is 5.90 Å². The van der Waals surface area contributed by atoms with Crippen molar-refractivity contribution >= 4 is 11.3 Å². The molecule has 3 nitrogen and oxygen atoms in total. The van der Waals surface area contributed by atoms with Crippen LogP contribution in [0.2, 0.25) is 0 Å². The predicted octanol–water partition coefficient (Wildman–Crippen LogP) is 2.20. The summed E-state index contributed by atoms with van der Waals surface area (Å²) in [6.45, 7) is 0.456. The molecule has 2 aromatic rings. The van der Waals surface area contributed by atoms with Crippen molar-refractivity contribution in [3.8, 4) is 10.6 Å². The molecule has 2 rings (SSSR count). The second-order valence-electron chi connectivity index (χ2n) is 2.79. The lowest BCUT2D eigenvalue weighted by atomic mass is 10.3. The number of thiophene rings is 1. The molecule has 2 heterocycles. The van der Waals surface area contributed by atoms with Gasteiger partial charge in [0.1, 0.15) is 6.61 Å². The monoisotopic (exact) mass is 206 g/mol. The van der Waals surface area contributed by atoms with Gasteiger partial charge in [-0.2, -0.15) is 0 Å². The first-order chi connectivity index (χ1) is 6.90. The van der Waals surface area contributed by atoms with Gasteiger partial charge in [0.2, 0.25) is 0 Å². The summed E-state index contributed by atoms with van der Waals surface area (Å²) in [5, 5.41) is 0. The third kappa shape index (κ3) is 1.98. The van der Waals surface area contributed by atoms with Crippen LogP contribution >= 0.6 is 11.3 Å². The van der Waals surface area contributed by atoms with Crippen molar-refractivity contribution in [1.82, 2.24) is 4.98 Å². The zero-order valence-corrected chi connectivity index (χ0v) is 8.33. The fourth-order valence-corrected chi connectivity index (χ4v) is 2.09. The van der Waals surface area contributed by atoms with Gasteiger partial charge in [-0.15, -0.1) is 11.3 Å². The Morgan fingerprint density at radius 3 is 2.93 bits per heavy atom. The summed E-state index contributed by atoms with van der Waals surface area (Å²) in [6.07, 6.45) is 1.79. The molecule has 0 bridgehead atoms. The highest BCUT2D eigenvalue weighted by atomic mass is 32.1. The summed E-state index contributed by atoms with van der Waals surface area (Å²) in [7, 11) is 0. The minimum atomic E-state index is 0.456. The van der Waals surface area contributed by atoms with Crippen LogP contribution in [0.25, 0.3) is 10.6 Å². The number of pyridine rings is 1. The van der Waals surface area contributed by atoms with Crippen LogP contribution in [-0.2, 0) is 11.4 Å². The van der Waals surface area contributed by atoms with Crippen molar-refractivity contribution in [1.29, 1.82) is 0 Å². The molecule has 72 valence electrons. The van der Waals surface area contributed by atoms with Crippen LogP contribution in [0.1, 0.15) is 4.88 Å². The average molecular weight is 206 g/mol. The van der Waals surface area contributed by atoms with Gasteiger partial charge in [0.25, 0.3) is 0 Å². The molecule has 4 heteroatoms. The maximum atomic E-state index is 5.00. The zero-order chi connectivity index (χ0) is 9.80. The van der Waals surface area contributed by atoms with Gasteiger partial charge in [0.05, 0.1) is 10.6 Å². The van der Waals surface area contributed by atoms with Gasteiger partial charge in [-0.3, -0.25) is 9.82 Å². The third-order valence-electron chi connectivity index (χ3n) is 1.80. The second-order valence-corrected chi connectivity index (χ2v) is 3.96. The van der Waals surface area contributed by atoms with Crippen LogP contribution in [0, 0.1) is 0 Å². The summed E-state index contributed by atoms with van der Waals surface area (Å²) in [6, 6.07) is 9.89. The van der Waals surface area contributed by atoms with Crippen LogP contribution in [0.15, 0.2) is 36.5 Å². The topological polar surface area (TPSA) is 48.1 Å². The van der Waals surface area contributed by atoms with Gasteiger partial charge in [-0.25, -0.2) is 5.90 Å². The number of aromatic nitrogens is 1. The molecule has 0 unspecified atom stereocenters. The molecule has 14 heavy (non-hydrogen) atoms. The summed E-state index contributed by atoms with van der Waals surface area (Å²) in [5.41, 5.74) is 0.987. The van der Waals surface area contributed by atoms with Gasteiger partial charge >= 0.3 is 0 Å². The van der Waals surface area contributed by atoms with Gasteiger partial charge in [-0.1, -0.05) is 6.07 Å². The van der Waals surface area contributed by atoms with Crippen LogP contribution in [0.4, 0.5) is 0 Å². The Bertz CT molecular complexity index is 400. The highest BCUT2D eigenvalue weighted by molar-refractivity contribution is 7.15. The number of hydrogen-bond acceptors (Lipinski definition) is 4. The predicted molar refractivity (Wildman–Crippen MR) is 56.5 cm³/mol. The highest BCUT2D eigenvalue weighted by Crippen LogP contribution is 2.26. The first-order valence-electron chi connectivity index (χ1n) is 4.22. The number of rotatable bonds is 3. The van der Waals surface area contributed by atoms with E-state index in [0.717, 1.165) is 15.4 Å². The molecule has 0 saturated carbocycles. The van der Waals surface area contributed by atoms with Crippen LogP contribution in [-0.4, -0.2) is 4.98 Å². The molecule has 0 fully saturated rings. The Balaban J connectivity index is 2.25. The fraction of sp³-hybridized carbons (Fsp3) is 0.100. The van der Waals surface area contributed by atoms with E-state index in [9.17, 15) is 0 Å². The normalized spacial score (nSPS) is 10.4. The third-order valence-corrected chi connectivity index (χ3v) is 2.89. The average Bonchev–Trinajstić information content (AvgIpc) is 2.68. The lowest BCUT2D eigenvalue weighted by Gasteiger charge is -1.94. The summed E-state index contributed by atoms with van der Waals surface area (Å²) in [5.74, 6) is 5.00. The maximum absolute atomic E-state index is 5.00. The van der Waals surface area contributed by atoms with E-state index < -0.39 is 0 Å². The first-order valence-corrected chi connectivity index (χ1v) is 5.03. The number of hydrogen-bond donors (Lipinski definition) is 1. The summed E-state index contributed by atoms with van der Waals surface area (Å²) < 4.78 is 0. The van der Waals surface area contributed by atoms with E-state index in [1.54, 1.807) is 17.5 Å². The Labute approximate surface area is 86.1 Å². The molecule has 2 aromatic heterocycles. The molecule has 0 aliphatic rings. The lowest BCUT2D eigenvalue weighted by Crippen LogP contribution is -1.96. The Hall–Kier alpha value is -1.23. The van der Waals surface area contributed by atoms with Crippen LogP contribution in [0.3, 0.4) is 0 Å². The molecule has 0 saturated heterocycles. The van der Waals surface area contributed by atoms with Crippen LogP contribution < -0.4 is 5.90 Å². The molecule has 2 N–H and O–H groups in total. The SMILES string of the molecule is NOCc1ccc(-c2ccccn2)s1. The Kier molecular flexibility index (Phi) is 2.88. The van der Waals surface area contributed by atoms with Gasteiger partial charge in [0.15, 0.2) is 0 Å². The van der Waals surface area contributed by atoms with Crippen molar-refractivity contribution < 1.29 is 4.84 Å². The zero-order valence-electron chi connectivity index (χ0n) is 7.51. The van der Waals surface area contributed by atoms with Crippen molar-refractivity contribution in [2.75, 3.05) is 0 Å². The smallest absolute Gasteiger partial charge is 0.102 e. The molecular weight excluding hydrogens is 196 g/mol. The first kappa shape index (κ1) is 9.33. The minimum Gasteiger partial charge on any atom is -0.299 e. The van der Waals surface area contributed by atoms with Crippen LogP contribution in [0.5, 0.6) is 0 Å². The number of nitrogens with zero attached hydrogens (tertiary/aromatic N) is 1. The summed E-state index contributed by atoms with van der Waals surface area (Å²) >= 11 is 1.64. The molecule has 0 aromatic carbocycles. The van der Waals surface area contributed by atoms with E-state index in [1.807, 2.05) is 30.3 Å². The lowest BCUT2D eigenvalue weighted by molar-refractivity contribution is 0.126. The van der Waals surface area contributed by atoms with E-state index >= 15 is 0 Å². The molecule has 0 aliphatic carbocycles. The standard InChI is InChI=1S/C10H10N2OS/c11-13-7-8-4-5-10(14-8)9-3-1-2-6-12-9/h1-6H,7,11H2. The number of nitrogens with two attached hydrogens (primary N) is 1. The van der Waals surface area contributed by atoms with Gasteiger partial charge in [-0.05, 0) is 24.3 Å². The van der Waals surface area contributed by atoms with Crippen molar-refractivity contribution in [2.45, 2.75) is 6.61 Å².